The monoisotopic (exact) mass is 499 g/mol. The number of hydrogen-bond donors (Lipinski definition) is 2. The van der Waals surface area contributed by atoms with Crippen molar-refractivity contribution in [3.8, 4) is 17.1 Å². The van der Waals surface area contributed by atoms with E-state index in [4.69, 9.17) is 16.3 Å². The Morgan fingerprint density at radius 1 is 1.26 bits per heavy atom. The number of halogens is 3. The van der Waals surface area contributed by atoms with Crippen molar-refractivity contribution in [1.29, 1.82) is 0 Å². The van der Waals surface area contributed by atoms with Gasteiger partial charge in [0.25, 0.3) is 11.8 Å². The molecular formula is C25H24ClF2N5O2. The van der Waals surface area contributed by atoms with Gasteiger partial charge in [-0.1, -0.05) is 23.7 Å². The number of carbonyl (C=O) groups is 1. The number of benzene rings is 2. The summed E-state index contributed by atoms with van der Waals surface area (Å²) in [7, 11) is 0. The highest BCUT2D eigenvalue weighted by Crippen LogP contribution is 2.39. The minimum Gasteiger partial charge on any atom is -0.453 e. The third-order valence-corrected chi connectivity index (χ3v) is 6.60. The summed E-state index contributed by atoms with van der Waals surface area (Å²) in [5, 5.41) is 6.69. The number of aryl methyl sites for hydroxylation is 1. The maximum Gasteiger partial charge on any atom is 0.271 e. The molecule has 2 aliphatic heterocycles. The molecule has 1 aromatic heterocycles. The number of nitrogens with one attached hydrogen (secondary N) is 2. The van der Waals surface area contributed by atoms with Gasteiger partial charge in [0.2, 0.25) is 5.85 Å². The molecule has 3 heterocycles. The standard InChI is InChI=1S/C25H24ClF2N5O2/c1-15-5-3-6-17(21(15)22-29-10-4-11-30-22)23(34)33-12-9-25(27,28)20(33)14-31-24(2)32-18-8-7-16(26)13-19(18)35-24/h3-8,10-11,13,20,31-32H,9,12,14H2,1-2H3/t20-,24?/m1/s1. The molecule has 3 aromatic rings. The average molecular weight is 500 g/mol. The van der Waals surface area contributed by atoms with Gasteiger partial charge in [0.15, 0.2) is 5.82 Å². The lowest BCUT2D eigenvalue weighted by molar-refractivity contribution is -0.0354. The van der Waals surface area contributed by atoms with Crippen LogP contribution in [0, 0.1) is 6.92 Å². The SMILES string of the molecule is Cc1cccc(C(=O)N2CCC(F)(F)[C@H]2CNC2(C)Nc3ccc(Cl)cc3O2)c1-c1ncccn1. The topological polar surface area (TPSA) is 79.4 Å². The fraction of sp³-hybridized carbons (Fsp3) is 0.320. The molecule has 1 amide bonds. The van der Waals surface area contributed by atoms with Crippen molar-refractivity contribution < 1.29 is 18.3 Å². The second kappa shape index (κ2) is 8.73. The lowest BCUT2D eigenvalue weighted by Crippen LogP contribution is -2.58. The van der Waals surface area contributed by atoms with Crippen LogP contribution in [0.3, 0.4) is 0 Å². The first-order valence-corrected chi connectivity index (χ1v) is 11.6. The lowest BCUT2D eigenvalue weighted by Gasteiger charge is -2.33. The fourth-order valence-corrected chi connectivity index (χ4v) is 4.77. The molecular weight excluding hydrogens is 476 g/mol. The summed E-state index contributed by atoms with van der Waals surface area (Å²) >= 11 is 6.03. The van der Waals surface area contributed by atoms with E-state index < -0.39 is 30.1 Å². The molecule has 182 valence electrons. The number of amides is 1. The van der Waals surface area contributed by atoms with Crippen molar-refractivity contribution in [2.75, 3.05) is 18.4 Å². The van der Waals surface area contributed by atoms with Gasteiger partial charge >= 0.3 is 0 Å². The molecule has 7 nitrogen and oxygen atoms in total. The maximum absolute atomic E-state index is 15.0. The molecule has 2 aromatic carbocycles. The van der Waals surface area contributed by atoms with Crippen LogP contribution in [0.2, 0.25) is 5.02 Å². The van der Waals surface area contributed by atoms with E-state index in [1.807, 2.05) is 13.0 Å². The Morgan fingerprint density at radius 2 is 2.03 bits per heavy atom. The van der Waals surface area contributed by atoms with Crippen LogP contribution < -0.4 is 15.4 Å². The van der Waals surface area contributed by atoms with E-state index in [1.54, 1.807) is 55.7 Å². The second-order valence-corrected chi connectivity index (χ2v) is 9.31. The number of likely N-dealkylation sites (tertiary alicyclic amines) is 1. The molecule has 10 heteroatoms. The van der Waals surface area contributed by atoms with E-state index in [-0.39, 0.29) is 13.1 Å². The lowest BCUT2D eigenvalue weighted by atomic mass is 9.99. The average Bonchev–Trinajstić information content (AvgIpc) is 3.32. The Bertz CT molecular complexity index is 1280. The van der Waals surface area contributed by atoms with E-state index in [2.05, 4.69) is 20.6 Å². The first kappa shape index (κ1) is 23.4. The highest BCUT2D eigenvalue weighted by molar-refractivity contribution is 6.30. The van der Waals surface area contributed by atoms with E-state index in [0.29, 0.717) is 33.4 Å². The smallest absolute Gasteiger partial charge is 0.271 e. The van der Waals surface area contributed by atoms with Crippen LogP contribution >= 0.6 is 11.6 Å². The number of anilines is 1. The highest BCUT2D eigenvalue weighted by Gasteiger charge is 2.51. The van der Waals surface area contributed by atoms with E-state index in [0.717, 1.165) is 5.56 Å². The summed E-state index contributed by atoms with van der Waals surface area (Å²) in [4.78, 5) is 23.4. The Hall–Kier alpha value is -3.30. The van der Waals surface area contributed by atoms with Crippen LogP contribution in [0.25, 0.3) is 11.4 Å². The van der Waals surface area contributed by atoms with Crippen LogP contribution in [0.5, 0.6) is 5.75 Å². The van der Waals surface area contributed by atoms with Gasteiger partial charge in [-0.15, -0.1) is 0 Å². The fourth-order valence-electron chi connectivity index (χ4n) is 4.61. The Morgan fingerprint density at radius 3 is 2.80 bits per heavy atom. The van der Waals surface area contributed by atoms with Crippen LogP contribution in [-0.4, -0.2) is 51.7 Å². The molecule has 0 radical (unpaired) electrons. The first-order chi connectivity index (χ1) is 16.7. The second-order valence-electron chi connectivity index (χ2n) is 8.88. The molecule has 0 spiro atoms. The van der Waals surface area contributed by atoms with Crippen LogP contribution in [-0.2, 0) is 0 Å². The van der Waals surface area contributed by atoms with E-state index in [1.165, 1.54) is 4.90 Å². The molecule has 2 N–H and O–H groups in total. The van der Waals surface area contributed by atoms with Crippen molar-refractivity contribution in [2.45, 2.75) is 38.1 Å². The Labute approximate surface area is 206 Å². The summed E-state index contributed by atoms with van der Waals surface area (Å²) in [6.07, 6.45) is 2.75. The Balaban J connectivity index is 1.39. The number of carbonyl (C=O) groups excluding carboxylic acids is 1. The highest BCUT2D eigenvalue weighted by atomic mass is 35.5. The molecule has 2 atom stereocenters. The summed E-state index contributed by atoms with van der Waals surface area (Å²) in [5.41, 5.74) is 2.32. The predicted octanol–water partition coefficient (Wildman–Crippen LogP) is 4.72. The van der Waals surface area contributed by atoms with Gasteiger partial charge in [0, 0.05) is 55.5 Å². The Kier molecular flexibility index (Phi) is 5.85. The zero-order valence-electron chi connectivity index (χ0n) is 19.2. The van der Waals surface area contributed by atoms with E-state index >= 15 is 8.78 Å². The summed E-state index contributed by atoms with van der Waals surface area (Å²) in [6.45, 7) is 3.29. The molecule has 0 aliphatic carbocycles. The van der Waals surface area contributed by atoms with Gasteiger partial charge in [0.1, 0.15) is 11.8 Å². The van der Waals surface area contributed by atoms with Gasteiger partial charge in [-0.05, 0) is 36.8 Å². The van der Waals surface area contributed by atoms with Crippen LogP contribution in [0.4, 0.5) is 14.5 Å². The van der Waals surface area contributed by atoms with Crippen LogP contribution in [0.1, 0.15) is 29.3 Å². The molecule has 5 rings (SSSR count). The van der Waals surface area contributed by atoms with Crippen LogP contribution in [0.15, 0.2) is 54.9 Å². The van der Waals surface area contributed by atoms with Crippen molar-refractivity contribution in [3.05, 3.63) is 71.0 Å². The summed E-state index contributed by atoms with van der Waals surface area (Å²) < 4.78 is 35.9. The molecule has 0 saturated carbocycles. The number of ether oxygens (including phenoxy) is 1. The quantitative estimate of drug-likeness (QED) is 0.528. The predicted molar refractivity (Wildman–Crippen MR) is 129 cm³/mol. The van der Waals surface area contributed by atoms with Gasteiger partial charge < -0.3 is 15.0 Å². The normalized spacial score (nSPS) is 22.4. The number of nitrogens with zero attached hydrogens (tertiary/aromatic N) is 3. The summed E-state index contributed by atoms with van der Waals surface area (Å²) in [5.74, 6) is -3.79. The zero-order chi connectivity index (χ0) is 24.8. The van der Waals surface area contributed by atoms with E-state index in [9.17, 15) is 4.79 Å². The van der Waals surface area contributed by atoms with Gasteiger partial charge in [-0.25, -0.2) is 18.7 Å². The molecule has 1 fully saturated rings. The molecule has 0 bridgehead atoms. The number of alkyl halides is 2. The van der Waals surface area contributed by atoms with Gasteiger partial charge in [-0.2, -0.15) is 0 Å². The number of hydrogen-bond acceptors (Lipinski definition) is 6. The molecule has 1 saturated heterocycles. The third-order valence-electron chi connectivity index (χ3n) is 6.37. The van der Waals surface area contributed by atoms with Crippen molar-refractivity contribution in [2.24, 2.45) is 0 Å². The molecule has 1 unspecified atom stereocenters. The van der Waals surface area contributed by atoms with Crippen molar-refractivity contribution in [3.63, 3.8) is 0 Å². The first-order valence-electron chi connectivity index (χ1n) is 11.2. The maximum atomic E-state index is 15.0. The summed E-state index contributed by atoms with van der Waals surface area (Å²) in [6, 6.07) is 10.6. The zero-order valence-corrected chi connectivity index (χ0v) is 19.9. The number of fused-ring (bicyclic) bond motifs is 1. The number of rotatable bonds is 5. The molecule has 35 heavy (non-hydrogen) atoms. The number of aromatic nitrogens is 2. The van der Waals surface area contributed by atoms with Gasteiger partial charge in [0.05, 0.1) is 11.3 Å². The van der Waals surface area contributed by atoms with Crippen molar-refractivity contribution in [1.82, 2.24) is 20.2 Å². The third kappa shape index (κ3) is 4.41. The largest absolute Gasteiger partial charge is 0.453 e. The van der Waals surface area contributed by atoms with Gasteiger partial charge in [-0.3, -0.25) is 10.1 Å². The minimum atomic E-state index is -3.07. The minimum absolute atomic E-state index is 0.0674. The van der Waals surface area contributed by atoms with Crippen molar-refractivity contribution >= 4 is 23.2 Å². The molecule has 2 aliphatic rings.